The zero-order chi connectivity index (χ0) is 24.4. The lowest BCUT2D eigenvalue weighted by Crippen LogP contribution is -2.43. The molecular formula is C28H29N3O3. The molecule has 0 spiro atoms. The summed E-state index contributed by atoms with van der Waals surface area (Å²) in [4.78, 5) is 37.4. The van der Waals surface area contributed by atoms with Crippen LogP contribution in [-0.4, -0.2) is 23.6 Å². The minimum absolute atomic E-state index is 0.0118. The third kappa shape index (κ3) is 4.86. The van der Waals surface area contributed by atoms with Crippen molar-refractivity contribution in [2.75, 3.05) is 15.5 Å². The molecule has 0 fully saturated rings. The summed E-state index contributed by atoms with van der Waals surface area (Å²) in [7, 11) is 0. The van der Waals surface area contributed by atoms with Crippen LogP contribution in [0.25, 0.3) is 11.1 Å². The van der Waals surface area contributed by atoms with Crippen molar-refractivity contribution in [2.24, 2.45) is 0 Å². The highest BCUT2D eigenvalue weighted by molar-refractivity contribution is 5.95. The lowest BCUT2D eigenvalue weighted by atomic mass is 9.88. The highest BCUT2D eigenvalue weighted by Crippen LogP contribution is 2.41. The summed E-state index contributed by atoms with van der Waals surface area (Å²) in [5.74, 6) is -0.0708. The third-order valence-corrected chi connectivity index (χ3v) is 6.17. The number of benzene rings is 3. The number of amides is 2. The van der Waals surface area contributed by atoms with Crippen LogP contribution in [0.3, 0.4) is 0 Å². The summed E-state index contributed by atoms with van der Waals surface area (Å²) < 4.78 is 0. The molecule has 6 heteroatoms. The number of rotatable bonds is 5. The molecule has 2 N–H and O–H groups in total. The van der Waals surface area contributed by atoms with Gasteiger partial charge in [-0.15, -0.1) is 0 Å². The van der Waals surface area contributed by atoms with Crippen molar-refractivity contribution in [1.29, 1.82) is 0 Å². The predicted octanol–water partition coefficient (Wildman–Crippen LogP) is 5.81. The lowest BCUT2D eigenvalue weighted by Gasteiger charge is -2.39. The number of carbonyl (C=O) groups is 3. The van der Waals surface area contributed by atoms with E-state index >= 15 is 0 Å². The molecule has 34 heavy (non-hydrogen) atoms. The number of anilines is 3. The number of hydrogen-bond acceptors (Lipinski definition) is 4. The van der Waals surface area contributed by atoms with Gasteiger partial charge in [0.05, 0.1) is 6.04 Å². The maximum atomic E-state index is 12.5. The SMILES string of the molecule is CC(=O)Nc1cccc(-c2ccc3c(c2)C(Nc2ccc(C(C)=O)cc2)CC(C)N3C(C)=O)c1. The highest BCUT2D eigenvalue weighted by Gasteiger charge is 2.32. The van der Waals surface area contributed by atoms with Crippen LogP contribution in [0.5, 0.6) is 0 Å². The van der Waals surface area contributed by atoms with E-state index in [4.69, 9.17) is 0 Å². The summed E-state index contributed by atoms with van der Waals surface area (Å²) in [5, 5.41) is 6.43. The quantitative estimate of drug-likeness (QED) is 0.476. The van der Waals surface area contributed by atoms with Crippen LogP contribution in [-0.2, 0) is 9.59 Å². The fraction of sp³-hybridized carbons (Fsp3) is 0.250. The minimum Gasteiger partial charge on any atom is -0.378 e. The maximum Gasteiger partial charge on any atom is 0.224 e. The zero-order valence-electron chi connectivity index (χ0n) is 19.9. The molecule has 3 aromatic carbocycles. The summed E-state index contributed by atoms with van der Waals surface area (Å²) in [6.07, 6.45) is 0.746. The molecule has 0 radical (unpaired) electrons. The van der Waals surface area contributed by atoms with E-state index in [1.807, 2.05) is 65.6 Å². The Balaban J connectivity index is 1.73. The number of nitrogens with zero attached hydrogens (tertiary/aromatic N) is 1. The van der Waals surface area contributed by atoms with Gasteiger partial charge in [-0.2, -0.15) is 0 Å². The van der Waals surface area contributed by atoms with E-state index in [-0.39, 0.29) is 29.7 Å². The Labute approximate surface area is 200 Å². The van der Waals surface area contributed by atoms with Crippen molar-refractivity contribution in [3.8, 4) is 11.1 Å². The number of nitrogens with one attached hydrogen (secondary N) is 2. The van der Waals surface area contributed by atoms with E-state index in [1.54, 1.807) is 13.8 Å². The number of ketones is 1. The largest absolute Gasteiger partial charge is 0.378 e. The molecule has 1 aliphatic rings. The van der Waals surface area contributed by atoms with Crippen molar-refractivity contribution < 1.29 is 14.4 Å². The van der Waals surface area contributed by atoms with E-state index in [0.29, 0.717) is 5.56 Å². The summed E-state index contributed by atoms with van der Waals surface area (Å²) in [6.45, 7) is 6.70. The average Bonchev–Trinajstić information content (AvgIpc) is 2.78. The Bertz CT molecular complexity index is 1250. The first kappa shape index (κ1) is 23.2. The Morgan fingerprint density at radius 3 is 2.21 bits per heavy atom. The van der Waals surface area contributed by atoms with Crippen LogP contribution in [0.2, 0.25) is 0 Å². The van der Waals surface area contributed by atoms with E-state index in [1.165, 1.54) is 6.92 Å². The molecule has 2 unspecified atom stereocenters. The fourth-order valence-corrected chi connectivity index (χ4v) is 4.64. The van der Waals surface area contributed by atoms with Crippen LogP contribution in [0, 0.1) is 0 Å². The van der Waals surface area contributed by atoms with Gasteiger partial charge >= 0.3 is 0 Å². The summed E-state index contributed by atoms with van der Waals surface area (Å²) in [5.41, 5.74) is 6.24. The van der Waals surface area contributed by atoms with Crippen molar-refractivity contribution in [3.63, 3.8) is 0 Å². The third-order valence-electron chi connectivity index (χ3n) is 6.17. The molecule has 1 aliphatic heterocycles. The van der Waals surface area contributed by atoms with Gasteiger partial charge < -0.3 is 15.5 Å². The van der Waals surface area contributed by atoms with Crippen LogP contribution in [0.4, 0.5) is 17.1 Å². The molecule has 0 saturated heterocycles. The molecule has 0 bridgehead atoms. The van der Waals surface area contributed by atoms with Gasteiger partial charge in [0.1, 0.15) is 0 Å². The van der Waals surface area contributed by atoms with Crippen LogP contribution >= 0.6 is 0 Å². The monoisotopic (exact) mass is 455 g/mol. The molecular weight excluding hydrogens is 426 g/mol. The van der Waals surface area contributed by atoms with Gasteiger partial charge in [0.2, 0.25) is 11.8 Å². The molecule has 1 heterocycles. The first-order valence-electron chi connectivity index (χ1n) is 11.4. The lowest BCUT2D eigenvalue weighted by molar-refractivity contribution is -0.117. The zero-order valence-corrected chi connectivity index (χ0v) is 19.9. The number of carbonyl (C=O) groups excluding carboxylic acids is 3. The van der Waals surface area contributed by atoms with E-state index in [9.17, 15) is 14.4 Å². The number of Topliss-reactive ketones (excluding diaryl/α,β-unsaturated/α-hetero) is 1. The van der Waals surface area contributed by atoms with Gasteiger partial charge in [-0.1, -0.05) is 18.2 Å². The highest BCUT2D eigenvalue weighted by atomic mass is 16.2. The van der Waals surface area contributed by atoms with Gasteiger partial charge in [-0.05, 0) is 85.5 Å². The van der Waals surface area contributed by atoms with Crippen molar-refractivity contribution in [2.45, 2.75) is 46.2 Å². The maximum absolute atomic E-state index is 12.5. The van der Waals surface area contributed by atoms with Gasteiger partial charge in [-0.3, -0.25) is 14.4 Å². The molecule has 2 atom stereocenters. The second-order valence-electron chi connectivity index (χ2n) is 8.84. The molecule has 3 aromatic rings. The average molecular weight is 456 g/mol. The van der Waals surface area contributed by atoms with Gasteiger partial charge in [0, 0.05) is 42.5 Å². The van der Waals surface area contributed by atoms with E-state index in [0.717, 1.165) is 40.2 Å². The Kier molecular flexibility index (Phi) is 6.50. The van der Waals surface area contributed by atoms with Crippen LogP contribution < -0.4 is 15.5 Å². The van der Waals surface area contributed by atoms with Crippen LogP contribution in [0.15, 0.2) is 66.7 Å². The van der Waals surface area contributed by atoms with Crippen LogP contribution in [0.1, 0.15) is 56.1 Å². The Morgan fingerprint density at radius 2 is 1.56 bits per heavy atom. The molecule has 0 aromatic heterocycles. The van der Waals surface area contributed by atoms with Gasteiger partial charge in [0.25, 0.3) is 0 Å². The Hall–Kier alpha value is -3.93. The summed E-state index contributed by atoms with van der Waals surface area (Å²) in [6, 6.07) is 21.4. The predicted molar refractivity (Wildman–Crippen MR) is 136 cm³/mol. The molecule has 0 aliphatic carbocycles. The molecule has 174 valence electrons. The smallest absolute Gasteiger partial charge is 0.224 e. The molecule has 4 rings (SSSR count). The number of hydrogen-bond donors (Lipinski definition) is 2. The van der Waals surface area contributed by atoms with Gasteiger partial charge in [-0.25, -0.2) is 0 Å². The second-order valence-corrected chi connectivity index (χ2v) is 8.84. The van der Waals surface area contributed by atoms with E-state index in [2.05, 4.69) is 23.6 Å². The van der Waals surface area contributed by atoms with Crippen molar-refractivity contribution in [1.82, 2.24) is 0 Å². The molecule has 0 saturated carbocycles. The van der Waals surface area contributed by atoms with E-state index < -0.39 is 0 Å². The molecule has 6 nitrogen and oxygen atoms in total. The van der Waals surface area contributed by atoms with Crippen molar-refractivity contribution >= 4 is 34.7 Å². The minimum atomic E-state index is -0.117. The first-order chi connectivity index (χ1) is 16.2. The standard InChI is InChI=1S/C28H29N3O3/c1-17-14-27(30-24-11-8-21(9-12-24)18(2)32)26-16-23(10-13-28(26)31(17)20(4)34)22-6-5-7-25(15-22)29-19(3)33/h5-13,15-17,27,30H,14H2,1-4H3,(H,29,33). The summed E-state index contributed by atoms with van der Waals surface area (Å²) >= 11 is 0. The van der Waals surface area contributed by atoms with Crippen molar-refractivity contribution in [3.05, 3.63) is 77.9 Å². The molecule has 2 amide bonds. The van der Waals surface area contributed by atoms with Gasteiger partial charge in [0.15, 0.2) is 5.78 Å². The normalized spacial score (nSPS) is 17.0. The fourth-order valence-electron chi connectivity index (χ4n) is 4.64. The Morgan fingerprint density at radius 1 is 0.853 bits per heavy atom. The topological polar surface area (TPSA) is 78.5 Å². The second kappa shape index (κ2) is 9.51. The first-order valence-corrected chi connectivity index (χ1v) is 11.4. The number of fused-ring (bicyclic) bond motifs is 1.